The first-order chi connectivity index (χ1) is 10.7. The largest absolute Gasteiger partial charge is 0.340 e. The van der Waals surface area contributed by atoms with Gasteiger partial charge in [0.1, 0.15) is 0 Å². The monoisotopic (exact) mass is 322 g/mol. The van der Waals surface area contributed by atoms with Crippen LogP contribution in [0.1, 0.15) is 44.9 Å². The number of rotatable bonds is 4. The van der Waals surface area contributed by atoms with Crippen molar-refractivity contribution in [1.82, 2.24) is 9.80 Å². The number of piperazine rings is 1. The van der Waals surface area contributed by atoms with Gasteiger partial charge in [0.15, 0.2) is 0 Å². The average molecular weight is 323 g/mol. The van der Waals surface area contributed by atoms with E-state index in [9.17, 15) is 4.79 Å². The van der Waals surface area contributed by atoms with E-state index in [0.717, 1.165) is 56.1 Å². The fourth-order valence-corrected chi connectivity index (χ4v) is 6.61. The summed E-state index contributed by atoms with van der Waals surface area (Å²) in [4.78, 5) is 17.1. The predicted octanol–water partition coefficient (Wildman–Crippen LogP) is 2.85. The van der Waals surface area contributed by atoms with Crippen LogP contribution < -0.4 is 0 Å². The van der Waals surface area contributed by atoms with Gasteiger partial charge in [-0.25, -0.2) is 0 Å². The molecule has 4 heteroatoms. The quantitative estimate of drug-likeness (QED) is 0.795. The van der Waals surface area contributed by atoms with Crippen molar-refractivity contribution in [1.29, 1.82) is 0 Å². The minimum absolute atomic E-state index is 0.375. The van der Waals surface area contributed by atoms with Crippen LogP contribution >= 0.6 is 11.8 Å². The summed E-state index contributed by atoms with van der Waals surface area (Å²) < 4.78 is 0. The van der Waals surface area contributed by atoms with Crippen LogP contribution in [0, 0.1) is 17.8 Å². The summed E-state index contributed by atoms with van der Waals surface area (Å²) in [6, 6.07) is 0. The third kappa shape index (κ3) is 2.71. The Morgan fingerprint density at radius 3 is 2.05 bits per heavy atom. The van der Waals surface area contributed by atoms with Crippen LogP contribution in [0.25, 0.3) is 0 Å². The molecule has 0 radical (unpaired) electrons. The van der Waals surface area contributed by atoms with E-state index < -0.39 is 0 Å². The lowest BCUT2D eigenvalue weighted by Gasteiger charge is -2.61. The van der Waals surface area contributed by atoms with E-state index in [1.807, 2.05) is 0 Å². The number of hydrogen-bond acceptors (Lipinski definition) is 3. The molecule has 0 unspecified atom stereocenters. The highest BCUT2D eigenvalue weighted by Crippen LogP contribution is 2.57. The van der Waals surface area contributed by atoms with Gasteiger partial charge in [0.25, 0.3) is 0 Å². The molecule has 22 heavy (non-hydrogen) atoms. The predicted molar refractivity (Wildman–Crippen MR) is 92.1 cm³/mol. The zero-order chi connectivity index (χ0) is 15.2. The van der Waals surface area contributed by atoms with Gasteiger partial charge < -0.3 is 4.90 Å². The molecule has 5 fully saturated rings. The molecular formula is C18H30N2OS. The average Bonchev–Trinajstić information content (AvgIpc) is 2.51. The van der Waals surface area contributed by atoms with Gasteiger partial charge >= 0.3 is 0 Å². The maximum Gasteiger partial charge on any atom is 0.223 e. The minimum Gasteiger partial charge on any atom is -0.340 e. The van der Waals surface area contributed by atoms with Gasteiger partial charge in [0.05, 0.1) is 0 Å². The van der Waals surface area contributed by atoms with Crippen molar-refractivity contribution in [3.05, 3.63) is 0 Å². The molecule has 0 aromatic rings. The maximum atomic E-state index is 12.2. The lowest BCUT2D eigenvalue weighted by Crippen LogP contribution is -2.64. The van der Waals surface area contributed by atoms with Crippen LogP contribution in [-0.2, 0) is 4.79 Å². The highest BCUT2D eigenvalue weighted by molar-refractivity contribution is 7.98. The highest BCUT2D eigenvalue weighted by Gasteiger charge is 2.53. The number of thioether (sulfide) groups is 1. The molecule has 1 amide bonds. The van der Waals surface area contributed by atoms with Gasteiger partial charge in [-0.1, -0.05) is 0 Å². The smallest absolute Gasteiger partial charge is 0.223 e. The minimum atomic E-state index is 0.375. The van der Waals surface area contributed by atoms with Crippen LogP contribution in [0.2, 0.25) is 0 Å². The summed E-state index contributed by atoms with van der Waals surface area (Å²) in [5.41, 5.74) is 0.531. The SMILES string of the molecule is CSCCC(=O)N1CCN(C23CC4CC(CC(C4)C2)C3)CC1. The van der Waals surface area contributed by atoms with Crippen molar-refractivity contribution in [2.24, 2.45) is 17.8 Å². The molecule has 5 aliphatic rings. The summed E-state index contributed by atoms with van der Waals surface area (Å²) in [5.74, 6) is 4.40. The van der Waals surface area contributed by atoms with Gasteiger partial charge in [0, 0.05) is 43.9 Å². The van der Waals surface area contributed by atoms with Crippen molar-refractivity contribution >= 4 is 17.7 Å². The van der Waals surface area contributed by atoms with Crippen LogP contribution in [0.4, 0.5) is 0 Å². The van der Waals surface area contributed by atoms with Gasteiger partial charge in [-0.2, -0.15) is 11.8 Å². The van der Waals surface area contributed by atoms with Crippen molar-refractivity contribution in [3.8, 4) is 0 Å². The zero-order valence-electron chi connectivity index (χ0n) is 13.9. The molecule has 3 nitrogen and oxygen atoms in total. The van der Waals surface area contributed by atoms with Gasteiger partial charge in [-0.05, 0) is 62.5 Å². The van der Waals surface area contributed by atoms with Crippen molar-refractivity contribution < 1.29 is 4.79 Å². The van der Waals surface area contributed by atoms with E-state index in [4.69, 9.17) is 0 Å². The third-order valence-corrected chi connectivity index (χ3v) is 7.44. The summed E-state index contributed by atoms with van der Waals surface area (Å²) in [7, 11) is 0. The number of carbonyl (C=O) groups excluding carboxylic acids is 1. The first-order valence-corrected chi connectivity index (χ1v) is 10.6. The topological polar surface area (TPSA) is 23.6 Å². The molecular weight excluding hydrogens is 292 g/mol. The summed E-state index contributed by atoms with van der Waals surface area (Å²) in [6.45, 7) is 4.18. The fraction of sp³-hybridized carbons (Fsp3) is 0.944. The molecule has 4 aliphatic carbocycles. The van der Waals surface area contributed by atoms with Gasteiger partial charge in [0.2, 0.25) is 5.91 Å². The van der Waals surface area contributed by atoms with Crippen molar-refractivity contribution in [2.45, 2.75) is 50.5 Å². The van der Waals surface area contributed by atoms with E-state index in [1.54, 1.807) is 11.8 Å². The van der Waals surface area contributed by atoms with Gasteiger partial charge in [-0.3, -0.25) is 9.69 Å². The molecule has 0 aromatic heterocycles. The Kier molecular flexibility index (Phi) is 4.18. The third-order valence-electron chi connectivity index (χ3n) is 6.83. The Balaban J connectivity index is 1.37. The maximum absolute atomic E-state index is 12.2. The molecule has 4 bridgehead atoms. The number of amides is 1. The first-order valence-electron chi connectivity index (χ1n) is 9.20. The molecule has 0 atom stereocenters. The molecule has 1 aliphatic heterocycles. The van der Waals surface area contributed by atoms with Gasteiger partial charge in [-0.15, -0.1) is 0 Å². The zero-order valence-corrected chi connectivity index (χ0v) is 14.7. The van der Waals surface area contributed by atoms with Crippen molar-refractivity contribution in [2.75, 3.05) is 38.2 Å². The van der Waals surface area contributed by atoms with E-state index in [2.05, 4.69) is 16.1 Å². The Hall–Kier alpha value is -0.220. The second kappa shape index (κ2) is 6.01. The molecule has 5 rings (SSSR count). The number of nitrogens with zero attached hydrogens (tertiary/aromatic N) is 2. The van der Waals surface area contributed by atoms with E-state index >= 15 is 0 Å². The molecule has 0 aromatic carbocycles. The standard InChI is InChI=1S/C18H30N2OS/c1-22-7-2-17(21)19-3-5-20(6-4-19)18-11-14-8-15(12-18)10-16(9-14)13-18/h14-16H,2-13H2,1H3. The first kappa shape index (κ1) is 15.3. The Morgan fingerprint density at radius 1 is 1.00 bits per heavy atom. The van der Waals surface area contributed by atoms with Crippen LogP contribution in [0.3, 0.4) is 0 Å². The fourth-order valence-electron chi connectivity index (χ4n) is 6.23. The molecule has 0 spiro atoms. The molecule has 0 N–H and O–H groups in total. The van der Waals surface area contributed by atoms with Crippen LogP contribution in [-0.4, -0.2) is 59.4 Å². The summed E-state index contributed by atoms with van der Waals surface area (Å²) in [5, 5.41) is 0. The molecule has 1 heterocycles. The second-order valence-electron chi connectivity index (χ2n) is 8.25. The van der Waals surface area contributed by atoms with E-state index in [1.165, 1.54) is 38.5 Å². The summed E-state index contributed by atoms with van der Waals surface area (Å²) in [6.07, 6.45) is 11.7. The van der Waals surface area contributed by atoms with Crippen LogP contribution in [0.5, 0.6) is 0 Å². The Labute approximate surface area is 139 Å². The lowest BCUT2D eigenvalue weighted by molar-refractivity contribution is -0.138. The number of carbonyl (C=O) groups is 1. The van der Waals surface area contributed by atoms with Crippen LogP contribution in [0.15, 0.2) is 0 Å². The molecule has 124 valence electrons. The Morgan fingerprint density at radius 2 is 1.55 bits per heavy atom. The molecule has 4 saturated carbocycles. The second-order valence-corrected chi connectivity index (χ2v) is 9.24. The van der Waals surface area contributed by atoms with Crippen molar-refractivity contribution in [3.63, 3.8) is 0 Å². The summed E-state index contributed by atoms with van der Waals surface area (Å²) >= 11 is 1.78. The Bertz CT molecular complexity index is 396. The van der Waals surface area contributed by atoms with E-state index in [0.29, 0.717) is 11.4 Å². The highest BCUT2D eigenvalue weighted by atomic mass is 32.2. The lowest BCUT2D eigenvalue weighted by atomic mass is 9.52. The molecule has 1 saturated heterocycles. The number of hydrogen-bond donors (Lipinski definition) is 0. The van der Waals surface area contributed by atoms with E-state index in [-0.39, 0.29) is 0 Å². The normalized spacial score (nSPS) is 41.1.